The van der Waals surface area contributed by atoms with Crippen molar-refractivity contribution < 1.29 is 27.5 Å². The van der Waals surface area contributed by atoms with Crippen molar-refractivity contribution >= 4 is 34.5 Å². The van der Waals surface area contributed by atoms with E-state index in [1.807, 2.05) is 0 Å². The highest BCUT2D eigenvalue weighted by atomic mass is 79.9. The van der Waals surface area contributed by atoms with Gasteiger partial charge in [-0.1, -0.05) is 0 Å². The summed E-state index contributed by atoms with van der Waals surface area (Å²) >= 11 is 7.01. The molecule has 0 saturated heterocycles. The maximum absolute atomic E-state index is 12.3. The van der Waals surface area contributed by atoms with E-state index in [0.29, 0.717) is 0 Å². The molecule has 0 aliphatic rings. The van der Waals surface area contributed by atoms with Crippen LogP contribution in [0.2, 0.25) is 0 Å². The number of alkyl halides is 3. The van der Waals surface area contributed by atoms with Crippen molar-refractivity contribution in [3.63, 3.8) is 0 Å². The summed E-state index contributed by atoms with van der Waals surface area (Å²) in [6.45, 7) is -3.95. The number of hydrogen-bond acceptors (Lipinski definition) is 2. The molecule has 0 aromatic heterocycles. The van der Waals surface area contributed by atoms with Crippen LogP contribution >= 0.6 is 22.6 Å². The first-order valence-corrected chi connectivity index (χ1v) is 7.13. The molecule has 9 heteroatoms. The van der Waals surface area contributed by atoms with Gasteiger partial charge in [0.05, 0.1) is 10.0 Å². The Morgan fingerprint density at radius 2 is 1.88 bits per heavy atom. The monoisotopic (exact) mass is 336 g/mol. The van der Waals surface area contributed by atoms with Gasteiger partial charge in [0.1, 0.15) is 5.75 Å². The fourth-order valence-electron chi connectivity index (χ4n) is 0.879. The zero-order valence-electron chi connectivity index (χ0n) is 7.40. The number of halogens is 4. The van der Waals surface area contributed by atoms with Gasteiger partial charge >= 0.3 is 12.9 Å². The van der Waals surface area contributed by atoms with Crippen LogP contribution in [-0.2, 0) is 18.0 Å². The van der Waals surface area contributed by atoms with Crippen LogP contribution in [0.15, 0.2) is 22.7 Å². The van der Waals surface area contributed by atoms with Crippen LogP contribution in [0.1, 0.15) is 5.56 Å². The van der Waals surface area contributed by atoms with E-state index in [9.17, 15) is 13.2 Å². The minimum atomic E-state index is -4.47. The van der Waals surface area contributed by atoms with E-state index in [1.165, 1.54) is 0 Å². The molecule has 0 aliphatic carbocycles. The van der Waals surface area contributed by atoms with E-state index in [1.54, 1.807) is 0 Å². The molecule has 0 unspecified atom stereocenters. The van der Waals surface area contributed by atoms with E-state index >= 15 is 0 Å². The van der Waals surface area contributed by atoms with E-state index < -0.39 is 18.5 Å². The molecule has 16 heavy (non-hydrogen) atoms. The summed E-state index contributed by atoms with van der Waals surface area (Å²) in [7, 11) is 0. The zero-order chi connectivity index (χ0) is 12.6. The lowest BCUT2D eigenvalue weighted by atomic mass is 10.2. The molecule has 2 N–H and O–H groups in total. The largest absolute Gasteiger partial charge is 0.423 e. The summed E-state index contributed by atoms with van der Waals surface area (Å²) in [4.78, 5) is 17.7. The first-order chi connectivity index (χ1) is 7.09. The maximum atomic E-state index is 12.3. The standard InChI is InChI=1S/C7H5BrF3O3PS/c8-5-3-4(7(9,10)11)1-2-6(5)14-15(12,13)16/h1-3H,(H2,12,13,16). The average Bonchev–Trinajstić information content (AvgIpc) is 2.04. The van der Waals surface area contributed by atoms with E-state index in [0.717, 1.165) is 18.2 Å². The van der Waals surface area contributed by atoms with Crippen molar-refractivity contribution in [3.05, 3.63) is 28.2 Å². The van der Waals surface area contributed by atoms with Crippen molar-refractivity contribution in [2.75, 3.05) is 0 Å². The number of rotatable bonds is 2. The molecule has 0 fully saturated rings. The Kier molecular flexibility index (Phi) is 4.02. The minimum absolute atomic E-state index is 0.0559. The van der Waals surface area contributed by atoms with Gasteiger partial charge in [-0.2, -0.15) is 13.2 Å². The van der Waals surface area contributed by atoms with Crippen LogP contribution in [0, 0.1) is 0 Å². The molecule has 90 valence electrons. The Morgan fingerprint density at radius 1 is 1.31 bits per heavy atom. The van der Waals surface area contributed by atoms with Crippen molar-refractivity contribution in [3.8, 4) is 5.75 Å². The van der Waals surface area contributed by atoms with E-state index in [-0.39, 0.29) is 10.2 Å². The highest BCUT2D eigenvalue weighted by molar-refractivity contribution is 9.10. The van der Waals surface area contributed by atoms with Gasteiger partial charge in [-0.05, 0) is 34.1 Å². The molecular formula is C7H5BrF3O3PS. The molecule has 1 rings (SSSR count). The van der Waals surface area contributed by atoms with Crippen molar-refractivity contribution in [2.45, 2.75) is 6.18 Å². The topological polar surface area (TPSA) is 49.7 Å². The lowest BCUT2D eigenvalue weighted by Gasteiger charge is -2.13. The van der Waals surface area contributed by atoms with Crippen LogP contribution in [0.3, 0.4) is 0 Å². The molecule has 0 bridgehead atoms. The van der Waals surface area contributed by atoms with Crippen molar-refractivity contribution in [2.24, 2.45) is 0 Å². The van der Waals surface area contributed by atoms with Gasteiger partial charge in [-0.15, -0.1) is 0 Å². The summed E-state index contributed by atoms with van der Waals surface area (Å²) in [5.41, 5.74) is -0.879. The van der Waals surface area contributed by atoms with Crippen molar-refractivity contribution in [1.82, 2.24) is 0 Å². The van der Waals surface area contributed by atoms with Gasteiger partial charge in [-0.25, -0.2) is 0 Å². The zero-order valence-corrected chi connectivity index (χ0v) is 10.7. The highest BCUT2D eigenvalue weighted by Gasteiger charge is 2.31. The maximum Gasteiger partial charge on any atom is 0.416 e. The van der Waals surface area contributed by atoms with Gasteiger partial charge in [0, 0.05) is 11.8 Å². The van der Waals surface area contributed by atoms with Crippen LogP contribution < -0.4 is 4.52 Å². The third kappa shape index (κ3) is 4.03. The Bertz CT molecular complexity index is 445. The minimum Gasteiger partial charge on any atom is -0.423 e. The SMILES string of the molecule is OP(O)(=S)Oc1ccc(C(F)(F)F)cc1Br. The smallest absolute Gasteiger partial charge is 0.416 e. The Balaban J connectivity index is 3.06. The summed E-state index contributed by atoms with van der Waals surface area (Å²) in [5, 5.41) is 0. The molecule has 0 radical (unpaired) electrons. The normalized spacial score (nSPS) is 12.6. The van der Waals surface area contributed by atoms with Crippen LogP contribution in [0.25, 0.3) is 0 Å². The second kappa shape index (κ2) is 4.62. The Labute approximate surface area is 102 Å². The second-order valence-corrected chi connectivity index (χ2v) is 6.17. The molecule has 1 aromatic rings. The number of hydrogen-bond donors (Lipinski definition) is 2. The first-order valence-electron chi connectivity index (χ1n) is 3.71. The molecule has 0 amide bonds. The molecule has 0 aliphatic heterocycles. The summed E-state index contributed by atoms with van der Waals surface area (Å²) < 4.78 is 41.3. The van der Waals surface area contributed by atoms with Crippen LogP contribution in [-0.4, -0.2) is 9.79 Å². The van der Waals surface area contributed by atoms with Gasteiger partial charge in [0.25, 0.3) is 0 Å². The average molecular weight is 337 g/mol. The Hall–Kier alpha value is -0.140. The van der Waals surface area contributed by atoms with Gasteiger partial charge < -0.3 is 14.3 Å². The summed E-state index contributed by atoms with van der Waals surface area (Å²) in [6, 6.07) is 2.48. The fourth-order valence-corrected chi connectivity index (χ4v) is 2.12. The van der Waals surface area contributed by atoms with Gasteiger partial charge in [0.15, 0.2) is 0 Å². The molecule has 1 aromatic carbocycles. The third-order valence-electron chi connectivity index (χ3n) is 1.48. The molecular weight excluding hydrogens is 332 g/mol. The Morgan fingerprint density at radius 3 is 2.25 bits per heavy atom. The molecule has 0 heterocycles. The predicted octanol–water partition coefficient (Wildman–Crippen LogP) is 3.06. The lowest BCUT2D eigenvalue weighted by molar-refractivity contribution is -0.137. The third-order valence-corrected chi connectivity index (χ3v) is 2.75. The quantitative estimate of drug-likeness (QED) is 0.815. The number of benzene rings is 1. The molecule has 0 atom stereocenters. The summed E-state index contributed by atoms with van der Waals surface area (Å²) in [6.07, 6.45) is -4.47. The first kappa shape index (κ1) is 13.9. The van der Waals surface area contributed by atoms with E-state index in [2.05, 4.69) is 32.3 Å². The van der Waals surface area contributed by atoms with Crippen LogP contribution in [0.5, 0.6) is 5.75 Å². The van der Waals surface area contributed by atoms with E-state index in [4.69, 9.17) is 9.79 Å². The van der Waals surface area contributed by atoms with Crippen LogP contribution in [0.4, 0.5) is 13.2 Å². The molecule has 3 nitrogen and oxygen atoms in total. The summed E-state index contributed by atoms with van der Waals surface area (Å²) in [5.74, 6) is -0.152. The lowest BCUT2D eigenvalue weighted by Crippen LogP contribution is -2.04. The molecule has 0 saturated carbocycles. The predicted molar refractivity (Wildman–Crippen MR) is 58.5 cm³/mol. The van der Waals surface area contributed by atoms with Gasteiger partial charge in [0.2, 0.25) is 0 Å². The second-order valence-electron chi connectivity index (χ2n) is 2.72. The van der Waals surface area contributed by atoms with Gasteiger partial charge in [-0.3, -0.25) is 0 Å². The van der Waals surface area contributed by atoms with Crippen molar-refractivity contribution in [1.29, 1.82) is 0 Å². The highest BCUT2D eigenvalue weighted by Crippen LogP contribution is 2.42. The molecule has 0 spiro atoms. The fraction of sp³-hybridized carbons (Fsp3) is 0.143.